The molecule has 0 aliphatic heterocycles. The molecular weight excluding hydrogens is 276 g/mol. The van der Waals surface area contributed by atoms with Crippen molar-refractivity contribution < 1.29 is 0 Å². The zero-order valence-corrected chi connectivity index (χ0v) is 12.2. The number of nitrogens with zero attached hydrogens (tertiary/aromatic N) is 1. The van der Waals surface area contributed by atoms with Gasteiger partial charge >= 0.3 is 0 Å². The predicted octanol–water partition coefficient (Wildman–Crippen LogP) is 4.53. The first-order chi connectivity index (χ1) is 9.13. The Balaban J connectivity index is 1.97. The molecule has 0 aromatic heterocycles. The zero-order valence-electron chi connectivity index (χ0n) is 10.6. The fourth-order valence-corrected chi connectivity index (χ4v) is 2.41. The topological polar surface area (TPSA) is 38.4 Å². The highest BCUT2D eigenvalue weighted by atomic mass is 35.5. The van der Waals surface area contributed by atoms with E-state index >= 15 is 0 Å². The van der Waals surface area contributed by atoms with Crippen LogP contribution >= 0.6 is 23.4 Å². The van der Waals surface area contributed by atoms with Crippen molar-refractivity contribution in [2.75, 3.05) is 0 Å². The Labute approximate surface area is 122 Å². The van der Waals surface area contributed by atoms with E-state index in [0.29, 0.717) is 10.2 Å². The second-order valence-corrected chi connectivity index (χ2v) is 5.64. The van der Waals surface area contributed by atoms with E-state index in [-0.39, 0.29) is 0 Å². The lowest BCUT2D eigenvalue weighted by Crippen LogP contribution is -2.06. The summed E-state index contributed by atoms with van der Waals surface area (Å²) in [7, 11) is 0. The van der Waals surface area contributed by atoms with E-state index in [4.69, 9.17) is 17.3 Å². The summed E-state index contributed by atoms with van der Waals surface area (Å²) >= 11 is 7.42. The van der Waals surface area contributed by atoms with E-state index in [2.05, 4.69) is 36.2 Å². The van der Waals surface area contributed by atoms with Crippen LogP contribution in [0.1, 0.15) is 11.1 Å². The first-order valence-electron chi connectivity index (χ1n) is 5.91. The maximum Gasteiger partial charge on any atom is 0.159 e. The molecule has 98 valence electrons. The van der Waals surface area contributed by atoms with E-state index in [1.807, 2.05) is 18.2 Å². The zero-order chi connectivity index (χ0) is 13.7. The van der Waals surface area contributed by atoms with Crippen LogP contribution in [0.3, 0.4) is 0 Å². The summed E-state index contributed by atoms with van der Waals surface area (Å²) < 4.78 is 0. The van der Waals surface area contributed by atoms with Crippen LogP contribution in [0, 0.1) is 6.92 Å². The number of halogens is 1. The molecule has 2 aromatic carbocycles. The van der Waals surface area contributed by atoms with Crippen LogP contribution < -0.4 is 5.73 Å². The van der Waals surface area contributed by atoms with Crippen LogP contribution in [0.15, 0.2) is 53.5 Å². The molecule has 0 saturated heterocycles. The lowest BCUT2D eigenvalue weighted by Gasteiger charge is -2.02. The second kappa shape index (κ2) is 6.64. The number of thioether (sulfide) groups is 1. The minimum atomic E-state index is 0.544. The van der Waals surface area contributed by atoms with Crippen molar-refractivity contribution in [2.24, 2.45) is 10.7 Å². The molecule has 0 radical (unpaired) electrons. The van der Waals surface area contributed by atoms with Crippen molar-refractivity contribution in [1.82, 2.24) is 0 Å². The first-order valence-corrected chi connectivity index (χ1v) is 7.28. The highest BCUT2D eigenvalue weighted by molar-refractivity contribution is 8.13. The van der Waals surface area contributed by atoms with Gasteiger partial charge in [-0.3, -0.25) is 0 Å². The Morgan fingerprint density at radius 3 is 2.63 bits per heavy atom. The number of rotatable bonds is 3. The van der Waals surface area contributed by atoms with Crippen LogP contribution in [-0.4, -0.2) is 5.17 Å². The molecule has 2 nitrogen and oxygen atoms in total. The summed E-state index contributed by atoms with van der Waals surface area (Å²) in [6.07, 6.45) is 0. The quantitative estimate of drug-likeness (QED) is 0.666. The molecule has 0 spiro atoms. The predicted molar refractivity (Wildman–Crippen MR) is 85.2 cm³/mol. The van der Waals surface area contributed by atoms with Gasteiger partial charge in [-0.2, -0.15) is 0 Å². The van der Waals surface area contributed by atoms with Gasteiger partial charge < -0.3 is 5.73 Å². The van der Waals surface area contributed by atoms with Crippen LogP contribution in [0.25, 0.3) is 0 Å². The van der Waals surface area contributed by atoms with Crippen LogP contribution in [0.5, 0.6) is 0 Å². The Morgan fingerprint density at radius 1 is 1.21 bits per heavy atom. The molecule has 0 aliphatic carbocycles. The first kappa shape index (κ1) is 14.0. The van der Waals surface area contributed by atoms with Gasteiger partial charge in [-0.25, -0.2) is 4.99 Å². The lowest BCUT2D eigenvalue weighted by atomic mass is 10.2. The minimum Gasteiger partial charge on any atom is -0.378 e. The maximum absolute atomic E-state index is 5.90. The van der Waals surface area contributed by atoms with Gasteiger partial charge in [-0.15, -0.1) is 0 Å². The molecule has 0 heterocycles. The van der Waals surface area contributed by atoms with Crippen molar-refractivity contribution in [2.45, 2.75) is 12.7 Å². The number of aliphatic imine (C=N–C) groups is 1. The van der Waals surface area contributed by atoms with Gasteiger partial charge in [0, 0.05) is 10.8 Å². The average Bonchev–Trinajstić information content (AvgIpc) is 2.38. The molecule has 2 N–H and O–H groups in total. The average molecular weight is 291 g/mol. The molecule has 0 bridgehead atoms. The number of hydrogen-bond acceptors (Lipinski definition) is 2. The largest absolute Gasteiger partial charge is 0.378 e. The number of amidine groups is 1. The molecule has 4 heteroatoms. The molecule has 19 heavy (non-hydrogen) atoms. The minimum absolute atomic E-state index is 0.544. The van der Waals surface area contributed by atoms with Gasteiger partial charge in [0.2, 0.25) is 0 Å². The van der Waals surface area contributed by atoms with E-state index in [1.54, 1.807) is 6.07 Å². The maximum atomic E-state index is 5.90. The van der Waals surface area contributed by atoms with Crippen LogP contribution in [0.4, 0.5) is 5.69 Å². The Kier molecular flexibility index (Phi) is 4.88. The van der Waals surface area contributed by atoms with Gasteiger partial charge in [-0.1, -0.05) is 59.3 Å². The summed E-state index contributed by atoms with van der Waals surface area (Å²) in [6, 6.07) is 15.8. The van der Waals surface area contributed by atoms with E-state index in [0.717, 1.165) is 11.4 Å². The van der Waals surface area contributed by atoms with Gasteiger partial charge in [-0.05, 0) is 30.7 Å². The SMILES string of the molecule is Cc1ccc(CSC(N)=Nc2cccc(Cl)c2)cc1. The molecule has 0 atom stereocenters. The number of benzene rings is 2. The normalized spacial score (nSPS) is 11.6. The second-order valence-electron chi connectivity index (χ2n) is 4.20. The number of hydrogen-bond donors (Lipinski definition) is 1. The molecule has 0 aliphatic rings. The molecular formula is C15H15ClN2S. The van der Waals surface area contributed by atoms with Crippen molar-refractivity contribution in [3.05, 3.63) is 64.7 Å². The van der Waals surface area contributed by atoms with Gasteiger partial charge in [0.1, 0.15) is 0 Å². The molecule has 0 unspecified atom stereocenters. The summed E-state index contributed by atoms with van der Waals surface area (Å²) in [5, 5.41) is 1.21. The number of aryl methyl sites for hydroxylation is 1. The monoisotopic (exact) mass is 290 g/mol. The smallest absolute Gasteiger partial charge is 0.159 e. The van der Waals surface area contributed by atoms with Gasteiger partial charge in [0.05, 0.1) is 5.69 Å². The fourth-order valence-electron chi connectivity index (χ4n) is 1.55. The summed E-state index contributed by atoms with van der Waals surface area (Å²) in [6.45, 7) is 2.08. The Bertz CT molecular complexity index is 579. The highest BCUT2D eigenvalue weighted by Crippen LogP contribution is 2.20. The molecule has 2 rings (SSSR count). The standard InChI is InChI=1S/C15H15ClN2S/c1-11-5-7-12(8-6-11)10-19-15(17)18-14-4-2-3-13(16)9-14/h2-9H,10H2,1H3,(H2,17,18). The van der Waals surface area contributed by atoms with Gasteiger partial charge in [0.25, 0.3) is 0 Å². The number of nitrogens with two attached hydrogens (primary N) is 1. The van der Waals surface area contributed by atoms with E-state index in [9.17, 15) is 0 Å². The lowest BCUT2D eigenvalue weighted by molar-refractivity contribution is 1.37. The van der Waals surface area contributed by atoms with Crippen molar-refractivity contribution in [1.29, 1.82) is 0 Å². The van der Waals surface area contributed by atoms with Crippen LogP contribution in [0.2, 0.25) is 5.02 Å². The third kappa shape index (κ3) is 4.62. The van der Waals surface area contributed by atoms with Crippen molar-refractivity contribution >= 4 is 34.2 Å². The molecule has 2 aromatic rings. The molecule has 0 amide bonds. The van der Waals surface area contributed by atoms with Crippen LogP contribution in [-0.2, 0) is 5.75 Å². The van der Waals surface area contributed by atoms with Crippen molar-refractivity contribution in [3.8, 4) is 0 Å². The summed E-state index contributed by atoms with van der Waals surface area (Å²) in [5.74, 6) is 0.816. The third-order valence-electron chi connectivity index (χ3n) is 2.55. The summed E-state index contributed by atoms with van der Waals surface area (Å²) in [4.78, 5) is 4.33. The molecule has 0 saturated carbocycles. The Morgan fingerprint density at radius 2 is 1.95 bits per heavy atom. The van der Waals surface area contributed by atoms with Crippen molar-refractivity contribution in [3.63, 3.8) is 0 Å². The van der Waals surface area contributed by atoms with Gasteiger partial charge in [0.15, 0.2) is 5.17 Å². The fraction of sp³-hybridized carbons (Fsp3) is 0.133. The summed E-state index contributed by atoms with van der Waals surface area (Å²) in [5.41, 5.74) is 9.18. The molecule has 0 fully saturated rings. The van der Waals surface area contributed by atoms with E-state index in [1.165, 1.54) is 22.9 Å². The Hall–Kier alpha value is -1.45. The van der Waals surface area contributed by atoms with E-state index < -0.39 is 0 Å². The highest BCUT2D eigenvalue weighted by Gasteiger charge is 1.98. The third-order valence-corrected chi connectivity index (χ3v) is 3.65.